The van der Waals surface area contributed by atoms with Crippen LogP contribution in [0.2, 0.25) is 0 Å². The Morgan fingerprint density at radius 1 is 1.33 bits per heavy atom. The summed E-state index contributed by atoms with van der Waals surface area (Å²) >= 11 is 0. The van der Waals surface area contributed by atoms with Gasteiger partial charge in [0, 0.05) is 19.9 Å². The van der Waals surface area contributed by atoms with Gasteiger partial charge in [0.05, 0.1) is 18.9 Å². The summed E-state index contributed by atoms with van der Waals surface area (Å²) in [6.07, 6.45) is 0.464. The van der Waals surface area contributed by atoms with Crippen LogP contribution in [0.15, 0.2) is 39.0 Å². The van der Waals surface area contributed by atoms with Gasteiger partial charge in [-0.05, 0) is 17.7 Å². The minimum atomic E-state index is -0.742. The molecule has 1 aliphatic rings. The lowest BCUT2D eigenvalue weighted by molar-refractivity contribution is -0.132. The highest BCUT2D eigenvalue weighted by atomic mass is 16.5. The number of carbonyl (C=O) groups excluding carboxylic acids is 1. The third kappa shape index (κ3) is 3.23. The number of hydrazone groups is 1. The van der Waals surface area contributed by atoms with E-state index in [1.54, 1.807) is 26.2 Å². The number of aromatic hydroxyl groups is 1. The maximum atomic E-state index is 12.4. The number of aromatic nitrogens is 2. The van der Waals surface area contributed by atoms with Crippen molar-refractivity contribution in [1.82, 2.24) is 14.6 Å². The smallest absolute Gasteiger partial charge is 0.330 e. The Morgan fingerprint density at radius 2 is 2.00 bits per heavy atom. The van der Waals surface area contributed by atoms with Gasteiger partial charge >= 0.3 is 5.69 Å². The van der Waals surface area contributed by atoms with E-state index in [9.17, 15) is 19.5 Å². The number of benzene rings is 1. The first kappa shape index (κ1) is 18.4. The molecule has 0 saturated carbocycles. The molecule has 9 nitrogen and oxygen atoms in total. The second-order valence-electron chi connectivity index (χ2n) is 6.15. The predicted molar refractivity (Wildman–Crippen MR) is 98.0 cm³/mol. The van der Waals surface area contributed by atoms with Gasteiger partial charge in [0.15, 0.2) is 0 Å². The summed E-state index contributed by atoms with van der Waals surface area (Å²) in [5, 5.41) is 15.9. The van der Waals surface area contributed by atoms with Gasteiger partial charge < -0.3 is 9.84 Å². The quantitative estimate of drug-likeness (QED) is 0.826. The van der Waals surface area contributed by atoms with Gasteiger partial charge in [0.2, 0.25) is 11.8 Å². The van der Waals surface area contributed by atoms with Crippen molar-refractivity contribution < 1.29 is 14.6 Å². The summed E-state index contributed by atoms with van der Waals surface area (Å²) in [5.41, 5.74) is -0.521. The highest BCUT2D eigenvalue weighted by Gasteiger charge is 2.34. The van der Waals surface area contributed by atoms with E-state index in [-0.39, 0.29) is 30.0 Å². The number of aromatic amines is 1. The van der Waals surface area contributed by atoms with Crippen LogP contribution in [0.4, 0.5) is 0 Å². The molecule has 1 atom stereocenters. The molecule has 1 aliphatic heterocycles. The number of ether oxygens (including phenoxy) is 1. The second-order valence-corrected chi connectivity index (χ2v) is 6.15. The van der Waals surface area contributed by atoms with Gasteiger partial charge in [-0.1, -0.05) is 19.1 Å². The zero-order valence-electron chi connectivity index (χ0n) is 15.2. The Hall–Kier alpha value is -3.36. The van der Waals surface area contributed by atoms with Crippen LogP contribution < -0.4 is 16.0 Å². The molecule has 3 rings (SSSR count). The largest absolute Gasteiger partial charge is 0.497 e. The SMILES string of the molecule is CCC(=O)N1N=C(c2c(O)n(C)c(=O)[nH]c2=O)C[C@@H]1c1ccc(OC)cc1. The first-order valence-electron chi connectivity index (χ1n) is 8.43. The van der Waals surface area contributed by atoms with Crippen molar-refractivity contribution >= 4 is 11.6 Å². The number of hydrogen-bond donors (Lipinski definition) is 2. The Labute approximate surface area is 154 Å². The maximum absolute atomic E-state index is 12.4. The maximum Gasteiger partial charge on any atom is 0.330 e. The van der Waals surface area contributed by atoms with E-state index < -0.39 is 23.2 Å². The molecule has 1 aromatic carbocycles. The van der Waals surface area contributed by atoms with Crippen LogP contribution >= 0.6 is 0 Å². The molecule has 2 N–H and O–H groups in total. The van der Waals surface area contributed by atoms with Crippen molar-refractivity contribution in [3.05, 3.63) is 56.2 Å². The minimum absolute atomic E-state index is 0.109. The topological polar surface area (TPSA) is 117 Å². The molecule has 1 aromatic heterocycles. The van der Waals surface area contributed by atoms with Crippen molar-refractivity contribution in [2.24, 2.45) is 12.1 Å². The normalized spacial score (nSPS) is 16.3. The summed E-state index contributed by atoms with van der Waals surface area (Å²) in [6.45, 7) is 1.72. The zero-order chi connectivity index (χ0) is 19.7. The highest BCUT2D eigenvalue weighted by Crippen LogP contribution is 2.34. The number of rotatable bonds is 4. The van der Waals surface area contributed by atoms with E-state index in [2.05, 4.69) is 10.1 Å². The molecule has 1 amide bonds. The second kappa shape index (κ2) is 7.10. The van der Waals surface area contributed by atoms with Crippen molar-refractivity contribution in [3.8, 4) is 11.6 Å². The summed E-state index contributed by atoms with van der Waals surface area (Å²) in [7, 11) is 2.90. The summed E-state index contributed by atoms with van der Waals surface area (Å²) < 4.78 is 6.08. The van der Waals surface area contributed by atoms with Gasteiger partial charge in [0.25, 0.3) is 5.56 Å². The molecule has 0 fully saturated rings. The van der Waals surface area contributed by atoms with Crippen LogP contribution in [0.1, 0.15) is 36.9 Å². The lowest BCUT2D eigenvalue weighted by Crippen LogP contribution is -2.32. The zero-order valence-corrected chi connectivity index (χ0v) is 15.2. The third-order valence-electron chi connectivity index (χ3n) is 4.55. The molecule has 0 saturated heterocycles. The van der Waals surface area contributed by atoms with E-state index >= 15 is 0 Å². The number of amides is 1. The molecular weight excluding hydrogens is 352 g/mol. The van der Waals surface area contributed by atoms with Gasteiger partial charge in [-0.25, -0.2) is 9.80 Å². The lowest BCUT2D eigenvalue weighted by Gasteiger charge is -2.21. The van der Waals surface area contributed by atoms with Crippen LogP contribution in [0.25, 0.3) is 0 Å². The number of nitrogens with zero attached hydrogens (tertiary/aromatic N) is 3. The number of methoxy groups -OCH3 is 1. The van der Waals surface area contributed by atoms with Crippen molar-refractivity contribution in [2.75, 3.05) is 7.11 Å². The first-order chi connectivity index (χ1) is 12.9. The summed E-state index contributed by atoms with van der Waals surface area (Å²) in [6, 6.07) is 6.77. The molecule has 0 unspecified atom stereocenters. The Bertz CT molecular complexity index is 1020. The molecule has 142 valence electrons. The first-order valence-corrected chi connectivity index (χ1v) is 8.43. The van der Waals surface area contributed by atoms with Crippen molar-refractivity contribution in [1.29, 1.82) is 0 Å². The van der Waals surface area contributed by atoms with E-state index in [4.69, 9.17) is 4.74 Å². The Morgan fingerprint density at radius 3 is 2.59 bits per heavy atom. The number of carbonyl (C=O) groups is 1. The number of nitrogens with one attached hydrogen (secondary N) is 1. The molecule has 0 aliphatic carbocycles. The molecule has 0 spiro atoms. The highest BCUT2D eigenvalue weighted by molar-refractivity contribution is 6.04. The fourth-order valence-corrected chi connectivity index (χ4v) is 3.01. The summed E-state index contributed by atoms with van der Waals surface area (Å²) in [5.74, 6) is -0.0215. The predicted octanol–water partition coefficient (Wildman–Crippen LogP) is 0.875. The molecule has 2 aromatic rings. The number of hydrogen-bond acceptors (Lipinski definition) is 6. The summed E-state index contributed by atoms with van der Waals surface area (Å²) in [4.78, 5) is 38.4. The van der Waals surface area contributed by atoms with E-state index in [1.165, 1.54) is 12.1 Å². The van der Waals surface area contributed by atoms with Crippen LogP contribution in [0.5, 0.6) is 11.6 Å². The standard InChI is InChI=1S/C18H20N4O5/c1-4-14(23)22-13(10-5-7-11(27-3)8-6-10)9-12(20-22)15-16(24)19-18(26)21(2)17(15)25/h5-8,13,25H,4,9H2,1-3H3,(H,19,24,26)/t13-/m1/s1. The van der Waals surface area contributed by atoms with Gasteiger partial charge in [-0.3, -0.25) is 19.1 Å². The fourth-order valence-electron chi connectivity index (χ4n) is 3.01. The van der Waals surface area contributed by atoms with Crippen molar-refractivity contribution in [2.45, 2.75) is 25.8 Å². The van der Waals surface area contributed by atoms with Gasteiger partial charge in [-0.15, -0.1) is 0 Å². The van der Waals surface area contributed by atoms with Gasteiger partial charge in [-0.2, -0.15) is 5.10 Å². The van der Waals surface area contributed by atoms with E-state index in [0.29, 0.717) is 5.75 Å². The molecule has 0 bridgehead atoms. The minimum Gasteiger partial charge on any atom is -0.497 e. The molecule has 0 radical (unpaired) electrons. The van der Waals surface area contributed by atoms with E-state index in [0.717, 1.165) is 10.1 Å². The number of H-pyrrole nitrogens is 1. The Kier molecular flexibility index (Phi) is 4.85. The van der Waals surface area contributed by atoms with Crippen molar-refractivity contribution in [3.63, 3.8) is 0 Å². The van der Waals surface area contributed by atoms with Gasteiger partial charge in [0.1, 0.15) is 11.3 Å². The molecule has 9 heteroatoms. The van der Waals surface area contributed by atoms with Crippen LogP contribution in [-0.2, 0) is 11.8 Å². The average Bonchev–Trinajstić information content (AvgIpc) is 3.10. The monoisotopic (exact) mass is 372 g/mol. The van der Waals surface area contributed by atoms with Crippen LogP contribution in [0.3, 0.4) is 0 Å². The average molecular weight is 372 g/mol. The van der Waals surface area contributed by atoms with Crippen LogP contribution in [0, 0.1) is 0 Å². The lowest BCUT2D eigenvalue weighted by atomic mass is 9.99. The molecular formula is C18H20N4O5. The third-order valence-corrected chi connectivity index (χ3v) is 4.55. The molecule has 27 heavy (non-hydrogen) atoms. The fraction of sp³-hybridized carbons (Fsp3) is 0.333. The molecule has 2 heterocycles. The van der Waals surface area contributed by atoms with Crippen LogP contribution in [-0.4, -0.2) is 38.4 Å². The van der Waals surface area contributed by atoms with E-state index in [1.807, 2.05) is 12.1 Å². The Balaban J connectivity index is 2.06.